The van der Waals surface area contributed by atoms with Crippen LogP contribution in [0.4, 0.5) is 5.69 Å². The standard InChI is InChI=1S/C31H29N3O3S.C2H2O4/c35-31(28-15-19-37-33-28)32-24-11-9-23(10-12-24)30-27(26-5-1-2-6-29(26)38-30)21-22-7-13-25(14-8-22)36-20-18-34-16-3-4-17-34;3-1(4)2(5)6/h1-2,5-15,19H,3-4,16-18,20-21H2,(H,32,35);(H,3,4)(H,5,6). The van der Waals surface area contributed by atoms with Gasteiger partial charge in [0, 0.05) is 27.9 Å². The Bertz CT molecular complexity index is 1700. The number of carbonyl (C=O) groups excluding carboxylic acids is 1. The molecule has 0 saturated carbocycles. The summed E-state index contributed by atoms with van der Waals surface area (Å²) >= 11 is 1.80. The molecule has 44 heavy (non-hydrogen) atoms. The highest BCUT2D eigenvalue weighted by Gasteiger charge is 2.16. The Morgan fingerprint density at radius 3 is 2.27 bits per heavy atom. The first-order chi connectivity index (χ1) is 21.4. The van der Waals surface area contributed by atoms with Crippen molar-refractivity contribution in [1.82, 2.24) is 10.1 Å². The second-order valence-electron chi connectivity index (χ2n) is 10.2. The topological polar surface area (TPSA) is 142 Å². The predicted molar refractivity (Wildman–Crippen MR) is 167 cm³/mol. The average molecular weight is 614 g/mol. The van der Waals surface area contributed by atoms with E-state index in [-0.39, 0.29) is 11.6 Å². The molecule has 1 saturated heterocycles. The first-order valence-electron chi connectivity index (χ1n) is 14.1. The molecule has 2 aromatic heterocycles. The molecule has 1 amide bonds. The van der Waals surface area contributed by atoms with Gasteiger partial charge in [-0.1, -0.05) is 47.6 Å². The normalized spacial score (nSPS) is 12.8. The van der Waals surface area contributed by atoms with E-state index in [0.29, 0.717) is 5.69 Å². The van der Waals surface area contributed by atoms with E-state index >= 15 is 0 Å². The van der Waals surface area contributed by atoms with Gasteiger partial charge in [0.25, 0.3) is 5.91 Å². The summed E-state index contributed by atoms with van der Waals surface area (Å²) in [4.78, 5) is 34.2. The van der Waals surface area contributed by atoms with Gasteiger partial charge in [-0.2, -0.15) is 0 Å². The first-order valence-corrected chi connectivity index (χ1v) is 14.9. The monoisotopic (exact) mass is 613 g/mol. The maximum absolute atomic E-state index is 12.3. The molecular weight excluding hydrogens is 582 g/mol. The summed E-state index contributed by atoms with van der Waals surface area (Å²) in [6.45, 7) is 4.11. The summed E-state index contributed by atoms with van der Waals surface area (Å²) in [6.07, 6.45) is 4.83. The van der Waals surface area contributed by atoms with Crippen LogP contribution < -0.4 is 10.1 Å². The van der Waals surface area contributed by atoms with Gasteiger partial charge in [0.15, 0.2) is 5.69 Å². The van der Waals surface area contributed by atoms with Gasteiger partial charge in [-0.05, 0) is 84.8 Å². The first kappa shape index (κ1) is 30.5. The van der Waals surface area contributed by atoms with Crippen LogP contribution in [0.25, 0.3) is 20.5 Å². The van der Waals surface area contributed by atoms with Crippen LogP contribution in [0.3, 0.4) is 0 Å². The number of carbonyl (C=O) groups is 3. The van der Waals surface area contributed by atoms with Gasteiger partial charge < -0.3 is 24.8 Å². The average Bonchev–Trinajstić information content (AvgIpc) is 3.82. The number of aromatic nitrogens is 1. The van der Waals surface area contributed by atoms with Gasteiger partial charge in [-0.15, -0.1) is 11.3 Å². The van der Waals surface area contributed by atoms with E-state index in [1.165, 1.54) is 58.3 Å². The van der Waals surface area contributed by atoms with E-state index < -0.39 is 11.9 Å². The Hall–Kier alpha value is -5.00. The number of likely N-dealkylation sites (tertiary alicyclic amines) is 1. The van der Waals surface area contributed by atoms with E-state index in [2.05, 4.69) is 76.0 Å². The van der Waals surface area contributed by atoms with Crippen LogP contribution in [-0.4, -0.2) is 64.4 Å². The van der Waals surface area contributed by atoms with Crippen molar-refractivity contribution in [2.45, 2.75) is 19.3 Å². The molecule has 0 aliphatic carbocycles. The van der Waals surface area contributed by atoms with Gasteiger partial charge in [-0.3, -0.25) is 9.69 Å². The Balaban J connectivity index is 0.000000584. The zero-order chi connectivity index (χ0) is 30.9. The van der Waals surface area contributed by atoms with Crippen LogP contribution in [0.1, 0.15) is 34.5 Å². The van der Waals surface area contributed by atoms with Gasteiger partial charge >= 0.3 is 11.9 Å². The molecule has 1 aliphatic heterocycles. The van der Waals surface area contributed by atoms with Gasteiger partial charge in [0.1, 0.15) is 18.6 Å². The number of nitrogens with zero attached hydrogens (tertiary/aromatic N) is 2. The van der Waals surface area contributed by atoms with Crippen molar-refractivity contribution in [2.24, 2.45) is 0 Å². The highest BCUT2D eigenvalue weighted by Crippen LogP contribution is 2.40. The lowest BCUT2D eigenvalue weighted by atomic mass is 9.99. The number of carboxylic acids is 2. The molecule has 0 bridgehead atoms. The third-order valence-corrected chi connectivity index (χ3v) is 8.40. The minimum Gasteiger partial charge on any atom is -0.492 e. The summed E-state index contributed by atoms with van der Waals surface area (Å²) in [5.41, 5.74) is 4.65. The zero-order valence-corrected chi connectivity index (χ0v) is 24.6. The summed E-state index contributed by atoms with van der Waals surface area (Å²) in [7, 11) is 0. The molecule has 0 radical (unpaired) electrons. The molecule has 5 aromatic rings. The molecule has 0 atom stereocenters. The van der Waals surface area contributed by atoms with Crippen LogP contribution in [0.2, 0.25) is 0 Å². The number of benzene rings is 3. The van der Waals surface area contributed by atoms with E-state index in [9.17, 15) is 4.79 Å². The second kappa shape index (κ2) is 14.5. The maximum atomic E-state index is 12.3. The molecule has 1 aliphatic rings. The van der Waals surface area contributed by atoms with Crippen molar-refractivity contribution in [3.05, 3.63) is 102 Å². The molecule has 1 fully saturated rings. The Morgan fingerprint density at radius 1 is 0.909 bits per heavy atom. The number of hydrogen-bond acceptors (Lipinski definition) is 8. The molecule has 3 heterocycles. The highest BCUT2D eigenvalue weighted by atomic mass is 32.1. The number of thiophene rings is 1. The summed E-state index contributed by atoms with van der Waals surface area (Å²) in [6, 6.07) is 26.6. The largest absolute Gasteiger partial charge is 0.492 e. The van der Waals surface area contributed by atoms with Crippen LogP contribution in [0.15, 0.2) is 89.6 Å². The molecule has 3 N–H and O–H groups in total. The minimum atomic E-state index is -1.82. The van der Waals surface area contributed by atoms with Crippen molar-refractivity contribution < 1.29 is 33.9 Å². The molecule has 226 valence electrons. The zero-order valence-electron chi connectivity index (χ0n) is 23.8. The van der Waals surface area contributed by atoms with Crippen molar-refractivity contribution in [3.8, 4) is 16.2 Å². The van der Waals surface area contributed by atoms with E-state index in [0.717, 1.165) is 30.9 Å². The molecule has 0 unspecified atom stereocenters. The number of aliphatic carboxylic acids is 2. The molecule has 0 spiro atoms. The predicted octanol–water partition coefficient (Wildman–Crippen LogP) is 6.03. The van der Waals surface area contributed by atoms with E-state index in [1.54, 1.807) is 17.4 Å². The molecule has 6 rings (SSSR count). The number of hydrogen-bond donors (Lipinski definition) is 3. The smallest absolute Gasteiger partial charge is 0.414 e. The number of anilines is 1. The highest BCUT2D eigenvalue weighted by molar-refractivity contribution is 7.22. The van der Waals surface area contributed by atoms with Gasteiger partial charge in [-0.25, -0.2) is 9.59 Å². The number of rotatable bonds is 9. The van der Waals surface area contributed by atoms with Crippen molar-refractivity contribution in [3.63, 3.8) is 0 Å². The lowest BCUT2D eigenvalue weighted by Gasteiger charge is -2.15. The third-order valence-electron chi connectivity index (χ3n) is 7.14. The SMILES string of the molecule is O=C(Nc1ccc(-c2sc3ccccc3c2Cc2ccc(OCCN3CCCC3)cc2)cc1)c1ccon1.O=C(O)C(=O)O. The van der Waals surface area contributed by atoms with Crippen molar-refractivity contribution in [1.29, 1.82) is 0 Å². The van der Waals surface area contributed by atoms with Crippen LogP contribution in [-0.2, 0) is 16.0 Å². The van der Waals surface area contributed by atoms with E-state index in [1.807, 2.05) is 12.1 Å². The number of amides is 1. The molecule has 11 heteroatoms. The number of ether oxygens (including phenoxy) is 1. The minimum absolute atomic E-state index is 0.254. The lowest BCUT2D eigenvalue weighted by molar-refractivity contribution is -0.159. The van der Waals surface area contributed by atoms with Crippen molar-refractivity contribution >= 4 is 45.0 Å². The quantitative estimate of drug-likeness (QED) is 0.170. The van der Waals surface area contributed by atoms with Crippen molar-refractivity contribution in [2.75, 3.05) is 31.6 Å². The van der Waals surface area contributed by atoms with Crippen LogP contribution in [0, 0.1) is 0 Å². The fraction of sp³-hybridized carbons (Fsp3) is 0.212. The van der Waals surface area contributed by atoms with Crippen LogP contribution in [0.5, 0.6) is 5.75 Å². The summed E-state index contributed by atoms with van der Waals surface area (Å²) in [5, 5.41) is 22.6. The third kappa shape index (κ3) is 7.88. The number of nitrogens with one attached hydrogen (secondary N) is 1. The fourth-order valence-corrected chi connectivity index (χ4v) is 6.17. The Morgan fingerprint density at radius 2 is 1.61 bits per heavy atom. The summed E-state index contributed by atoms with van der Waals surface area (Å²) in [5.74, 6) is -3.02. The molecule has 3 aromatic carbocycles. The maximum Gasteiger partial charge on any atom is 0.414 e. The second-order valence-corrected chi connectivity index (χ2v) is 11.2. The fourth-order valence-electron chi connectivity index (χ4n) is 4.94. The Labute approximate surface area is 257 Å². The molecular formula is C33H31N3O7S. The lowest BCUT2D eigenvalue weighted by Crippen LogP contribution is -2.25. The Kier molecular flexibility index (Phi) is 10.0. The number of carboxylic acid groups (broad SMARTS) is 2. The molecule has 10 nitrogen and oxygen atoms in total. The van der Waals surface area contributed by atoms with Gasteiger partial charge in [0.05, 0.1) is 0 Å². The summed E-state index contributed by atoms with van der Waals surface area (Å²) < 4.78 is 12.0. The van der Waals surface area contributed by atoms with Crippen LogP contribution >= 0.6 is 11.3 Å². The number of fused-ring (bicyclic) bond motifs is 1. The van der Waals surface area contributed by atoms with Gasteiger partial charge in [0.2, 0.25) is 0 Å². The van der Waals surface area contributed by atoms with E-state index in [4.69, 9.17) is 29.1 Å².